The summed E-state index contributed by atoms with van der Waals surface area (Å²) in [5.41, 5.74) is 1.39. The fourth-order valence-corrected chi connectivity index (χ4v) is 6.66. The second kappa shape index (κ2) is 13.1. The number of sulfone groups is 1. The molecule has 1 fully saturated rings. The molecule has 1 aliphatic rings. The van der Waals surface area contributed by atoms with Crippen LogP contribution in [0.1, 0.15) is 5.69 Å². The minimum atomic E-state index is -5.48. The summed E-state index contributed by atoms with van der Waals surface area (Å²) in [6.07, 6.45) is -8.20. The van der Waals surface area contributed by atoms with Crippen molar-refractivity contribution in [1.82, 2.24) is 14.6 Å². The average molecular weight is 739 g/mol. The summed E-state index contributed by atoms with van der Waals surface area (Å²) in [5.74, 6) is -6.49. The fraction of sp³-hybridized carbons (Fsp3) is 0.273. The summed E-state index contributed by atoms with van der Waals surface area (Å²) in [5, 5.41) is 0.627. The van der Waals surface area contributed by atoms with Crippen molar-refractivity contribution in [3.63, 3.8) is 0 Å². The number of nitrogens with zero attached hydrogens (tertiary/aromatic N) is 3. The molecule has 3 aromatic carbocycles. The smallest absolute Gasteiger partial charge is 0.493 e. The molecule has 11 nitrogen and oxygen atoms in total. The molecule has 0 radical (unpaired) electrons. The first-order valence-corrected chi connectivity index (χ1v) is 17.0. The minimum Gasteiger partial charge on any atom is -0.493 e. The highest BCUT2D eigenvalue weighted by atomic mass is 32.2. The van der Waals surface area contributed by atoms with Gasteiger partial charge in [-0.3, -0.25) is 4.90 Å². The molecule has 2 aromatic heterocycles. The van der Waals surface area contributed by atoms with Crippen LogP contribution in [-0.2, 0) is 26.0 Å². The van der Waals surface area contributed by atoms with E-state index in [-0.39, 0.29) is 39.2 Å². The van der Waals surface area contributed by atoms with Crippen LogP contribution in [0.4, 0.5) is 32.0 Å². The maximum atomic E-state index is 13.6. The highest BCUT2D eigenvalue weighted by molar-refractivity contribution is 7.90. The molecule has 1 N–H and O–H groups in total. The van der Waals surface area contributed by atoms with Gasteiger partial charge in [0.05, 0.1) is 28.6 Å². The lowest BCUT2D eigenvalue weighted by molar-refractivity contribution is -0.199. The molecule has 0 saturated carbocycles. The van der Waals surface area contributed by atoms with Crippen LogP contribution >= 0.6 is 0 Å². The van der Waals surface area contributed by atoms with E-state index in [0.717, 1.165) is 42.1 Å². The summed E-state index contributed by atoms with van der Waals surface area (Å²) in [6.45, 7) is 1.42. The fourth-order valence-electron chi connectivity index (χ4n) is 6.03. The maximum absolute atomic E-state index is 13.6. The molecule has 3 heterocycles. The molecular weight excluding hydrogens is 710 g/mol. The Kier molecular flexibility index (Phi) is 9.18. The Labute approximate surface area is 285 Å². The van der Waals surface area contributed by atoms with Crippen molar-refractivity contribution in [3.8, 4) is 22.6 Å². The van der Waals surface area contributed by atoms with Crippen molar-refractivity contribution in [2.75, 3.05) is 44.4 Å². The molecule has 0 amide bonds. The standard InChI is InChI=1S/C33H28F6N4O7S/c1-48-26-11-10-24-28(29(26)49-30(44)32(34,35)36)27(19-6-8-20(9-7-19)51(2,46)47)25(43(24)50-31(45)33(37,38)39)18-41-14-16-42(17-15-41)23-5-3-4-22-21(23)12-13-40-22/h3-13,40H,14-18H2,1-2H3. The number of hydrogen-bond acceptors (Lipinski definition) is 9. The third-order valence-corrected chi connectivity index (χ3v) is 9.51. The number of rotatable bonds is 8. The Morgan fingerprint density at radius 1 is 0.863 bits per heavy atom. The lowest BCUT2D eigenvalue weighted by Gasteiger charge is -2.36. The zero-order valence-corrected chi connectivity index (χ0v) is 27.6. The monoisotopic (exact) mass is 738 g/mol. The summed E-state index contributed by atoms with van der Waals surface area (Å²) >= 11 is 0. The predicted octanol–water partition coefficient (Wildman–Crippen LogP) is 5.51. The normalized spacial score (nSPS) is 14.6. The molecule has 0 aliphatic carbocycles. The lowest BCUT2D eigenvalue weighted by Crippen LogP contribution is -2.46. The van der Waals surface area contributed by atoms with E-state index in [4.69, 9.17) is 14.3 Å². The van der Waals surface area contributed by atoms with Crippen LogP contribution in [0.25, 0.3) is 32.9 Å². The predicted molar refractivity (Wildman–Crippen MR) is 172 cm³/mol. The molecule has 0 unspecified atom stereocenters. The van der Waals surface area contributed by atoms with Crippen molar-refractivity contribution >= 4 is 49.3 Å². The van der Waals surface area contributed by atoms with E-state index < -0.39 is 45.6 Å². The van der Waals surface area contributed by atoms with Gasteiger partial charge in [0.15, 0.2) is 21.3 Å². The number of hydrogen-bond donors (Lipinski definition) is 1. The topological polar surface area (TPSA) is 123 Å². The minimum absolute atomic E-state index is 0.0941. The number of carbonyl (C=O) groups is 2. The molecular formula is C33H28F6N4O7S. The first kappa shape index (κ1) is 35.6. The highest BCUT2D eigenvalue weighted by Gasteiger charge is 2.44. The number of anilines is 1. The maximum Gasteiger partial charge on any atom is 0.493 e. The Hall–Kier alpha value is -5.23. The zero-order valence-electron chi connectivity index (χ0n) is 26.8. The molecule has 0 bridgehead atoms. The van der Waals surface area contributed by atoms with Gasteiger partial charge in [0.25, 0.3) is 0 Å². The summed E-state index contributed by atoms with van der Waals surface area (Å²) in [7, 11) is -2.65. The number of ether oxygens (including phenoxy) is 2. The number of aromatic nitrogens is 2. The van der Waals surface area contributed by atoms with Crippen LogP contribution in [0.5, 0.6) is 11.5 Å². The van der Waals surface area contributed by atoms with Crippen LogP contribution in [0.3, 0.4) is 0 Å². The number of nitrogens with one attached hydrogen (secondary N) is 1. The third kappa shape index (κ3) is 7.05. The van der Waals surface area contributed by atoms with Crippen molar-refractivity contribution < 1.29 is 58.7 Å². The quantitative estimate of drug-likeness (QED) is 0.125. The van der Waals surface area contributed by atoms with Crippen molar-refractivity contribution in [2.24, 2.45) is 0 Å². The van der Waals surface area contributed by atoms with Crippen molar-refractivity contribution in [1.29, 1.82) is 0 Å². The van der Waals surface area contributed by atoms with E-state index in [0.29, 0.717) is 30.9 Å². The zero-order chi connectivity index (χ0) is 36.9. The largest absolute Gasteiger partial charge is 0.493 e. The summed E-state index contributed by atoms with van der Waals surface area (Å²) in [4.78, 5) is 36.3. The number of methoxy groups -OCH3 is 1. The number of aromatic amines is 1. The summed E-state index contributed by atoms with van der Waals surface area (Å²) < 4.78 is 116. The van der Waals surface area contributed by atoms with E-state index in [1.165, 1.54) is 24.3 Å². The van der Waals surface area contributed by atoms with Crippen LogP contribution in [0, 0.1) is 0 Å². The number of benzene rings is 3. The Morgan fingerprint density at radius 3 is 2.14 bits per heavy atom. The van der Waals surface area contributed by atoms with Gasteiger partial charge in [-0.2, -0.15) is 31.1 Å². The molecule has 51 heavy (non-hydrogen) atoms. The van der Waals surface area contributed by atoms with Gasteiger partial charge < -0.3 is 24.2 Å². The molecule has 1 saturated heterocycles. The second-order valence-electron chi connectivity index (χ2n) is 11.6. The Morgan fingerprint density at radius 2 is 1.53 bits per heavy atom. The first-order valence-electron chi connectivity index (χ1n) is 15.1. The number of carbonyl (C=O) groups excluding carboxylic acids is 2. The molecule has 270 valence electrons. The number of esters is 1. The molecule has 18 heteroatoms. The molecule has 1 aliphatic heterocycles. The van der Waals surface area contributed by atoms with Gasteiger partial charge in [-0.15, -0.1) is 0 Å². The van der Waals surface area contributed by atoms with Gasteiger partial charge >= 0.3 is 24.3 Å². The molecule has 6 rings (SSSR count). The second-order valence-corrected chi connectivity index (χ2v) is 13.7. The third-order valence-electron chi connectivity index (χ3n) is 8.38. The van der Waals surface area contributed by atoms with Gasteiger partial charge in [0, 0.05) is 67.3 Å². The van der Waals surface area contributed by atoms with Crippen LogP contribution in [0.2, 0.25) is 0 Å². The SMILES string of the molecule is COc1ccc2c(c1OC(=O)C(F)(F)F)c(-c1ccc(S(C)(=O)=O)cc1)c(CN1CCN(c3cccc4[nH]ccc34)CC1)n2OC(=O)C(F)(F)F. The van der Waals surface area contributed by atoms with Crippen molar-refractivity contribution in [2.45, 2.75) is 23.8 Å². The van der Waals surface area contributed by atoms with E-state index >= 15 is 0 Å². The Balaban J connectivity index is 1.52. The average Bonchev–Trinajstić information content (AvgIpc) is 3.67. The van der Waals surface area contributed by atoms with Crippen LogP contribution in [-0.4, -0.2) is 86.9 Å². The molecule has 0 atom stereocenters. The number of H-pyrrole nitrogens is 1. The van der Waals surface area contributed by atoms with Gasteiger partial charge in [-0.05, 0) is 48.0 Å². The lowest BCUT2D eigenvalue weighted by atomic mass is 10.0. The van der Waals surface area contributed by atoms with E-state index in [1.807, 2.05) is 35.4 Å². The Bertz CT molecular complexity index is 2240. The molecule has 5 aromatic rings. The van der Waals surface area contributed by atoms with Crippen molar-refractivity contribution in [3.05, 3.63) is 72.6 Å². The van der Waals surface area contributed by atoms with Gasteiger partial charge in [0.1, 0.15) is 0 Å². The van der Waals surface area contributed by atoms with Gasteiger partial charge in [0.2, 0.25) is 0 Å². The highest BCUT2D eigenvalue weighted by Crippen LogP contribution is 2.46. The van der Waals surface area contributed by atoms with E-state index in [2.05, 4.69) is 9.88 Å². The molecule has 0 spiro atoms. The first-order chi connectivity index (χ1) is 24.0. The number of fused-ring (bicyclic) bond motifs is 2. The van der Waals surface area contributed by atoms with Gasteiger partial charge in [-0.1, -0.05) is 18.2 Å². The number of halogens is 6. The van der Waals surface area contributed by atoms with Crippen LogP contribution in [0.15, 0.2) is 71.8 Å². The number of piperazine rings is 1. The van der Waals surface area contributed by atoms with Crippen LogP contribution < -0.4 is 19.2 Å². The van der Waals surface area contributed by atoms with E-state index in [9.17, 15) is 44.3 Å². The van der Waals surface area contributed by atoms with Gasteiger partial charge in [-0.25, -0.2) is 18.0 Å². The number of alkyl halides is 6. The van der Waals surface area contributed by atoms with E-state index in [1.54, 1.807) is 0 Å². The summed E-state index contributed by atoms with van der Waals surface area (Å²) in [6, 6.07) is 14.9.